The molecule has 0 amide bonds. The molecule has 90 valence electrons. The number of nitrogens with two attached hydrogens (primary N) is 1. The molecule has 0 aliphatic rings. The van der Waals surface area contributed by atoms with E-state index in [0.29, 0.717) is 6.42 Å². The predicted molar refractivity (Wildman–Crippen MR) is 73.0 cm³/mol. The van der Waals surface area contributed by atoms with Crippen LogP contribution in [0.25, 0.3) is 0 Å². The van der Waals surface area contributed by atoms with Crippen molar-refractivity contribution in [1.82, 2.24) is 9.55 Å². The van der Waals surface area contributed by atoms with Crippen LogP contribution >= 0.6 is 27.5 Å². The van der Waals surface area contributed by atoms with E-state index in [9.17, 15) is 0 Å². The van der Waals surface area contributed by atoms with E-state index in [2.05, 4.69) is 20.9 Å². The van der Waals surface area contributed by atoms with Gasteiger partial charge in [-0.1, -0.05) is 33.6 Å². The van der Waals surface area contributed by atoms with E-state index < -0.39 is 0 Å². The standard InChI is InChI=1S/C12H13BrClN3/c1-17-5-4-16-12(17)11(15)6-8-2-3-9(13)7-10(8)14/h2-5,7,11H,6,15H2,1H3. The first-order chi connectivity index (χ1) is 8.08. The van der Waals surface area contributed by atoms with Gasteiger partial charge in [-0.2, -0.15) is 0 Å². The highest BCUT2D eigenvalue weighted by Gasteiger charge is 2.13. The summed E-state index contributed by atoms with van der Waals surface area (Å²) in [6.07, 6.45) is 4.31. The van der Waals surface area contributed by atoms with Crippen molar-refractivity contribution >= 4 is 27.5 Å². The van der Waals surface area contributed by atoms with E-state index in [1.165, 1.54) is 0 Å². The number of rotatable bonds is 3. The molecule has 5 heteroatoms. The van der Waals surface area contributed by atoms with E-state index in [0.717, 1.165) is 20.9 Å². The zero-order valence-electron chi connectivity index (χ0n) is 9.40. The van der Waals surface area contributed by atoms with Crippen molar-refractivity contribution in [3.8, 4) is 0 Å². The minimum absolute atomic E-state index is 0.145. The SMILES string of the molecule is Cn1ccnc1C(N)Cc1ccc(Br)cc1Cl. The lowest BCUT2D eigenvalue weighted by atomic mass is 10.1. The Balaban J connectivity index is 2.19. The molecule has 1 unspecified atom stereocenters. The molecular formula is C12H13BrClN3. The Labute approximate surface area is 114 Å². The van der Waals surface area contributed by atoms with E-state index >= 15 is 0 Å². The topological polar surface area (TPSA) is 43.8 Å². The van der Waals surface area contributed by atoms with E-state index in [1.54, 1.807) is 6.20 Å². The second-order valence-electron chi connectivity index (χ2n) is 3.94. The molecule has 1 aromatic carbocycles. The Hall–Kier alpha value is -0.840. The van der Waals surface area contributed by atoms with Gasteiger partial charge in [-0.3, -0.25) is 0 Å². The van der Waals surface area contributed by atoms with Crippen LogP contribution in [0, 0.1) is 0 Å². The van der Waals surface area contributed by atoms with Crippen molar-refractivity contribution in [1.29, 1.82) is 0 Å². The summed E-state index contributed by atoms with van der Waals surface area (Å²) in [4.78, 5) is 4.24. The van der Waals surface area contributed by atoms with Crippen LogP contribution in [-0.4, -0.2) is 9.55 Å². The minimum atomic E-state index is -0.145. The fourth-order valence-corrected chi connectivity index (χ4v) is 2.50. The average Bonchev–Trinajstić information content (AvgIpc) is 2.68. The van der Waals surface area contributed by atoms with Crippen molar-refractivity contribution in [2.75, 3.05) is 0 Å². The summed E-state index contributed by atoms with van der Waals surface area (Å²) < 4.78 is 2.90. The van der Waals surface area contributed by atoms with Gasteiger partial charge < -0.3 is 10.3 Å². The maximum Gasteiger partial charge on any atom is 0.125 e. The van der Waals surface area contributed by atoms with Crippen molar-refractivity contribution in [3.05, 3.63) is 51.5 Å². The van der Waals surface area contributed by atoms with Crippen LogP contribution < -0.4 is 5.73 Å². The maximum absolute atomic E-state index is 6.16. The fraction of sp³-hybridized carbons (Fsp3) is 0.250. The smallest absolute Gasteiger partial charge is 0.125 e. The molecule has 17 heavy (non-hydrogen) atoms. The molecule has 1 aromatic heterocycles. The summed E-state index contributed by atoms with van der Waals surface area (Å²) in [7, 11) is 1.94. The highest BCUT2D eigenvalue weighted by atomic mass is 79.9. The van der Waals surface area contributed by atoms with Crippen LogP contribution in [0.5, 0.6) is 0 Å². The van der Waals surface area contributed by atoms with E-state index in [-0.39, 0.29) is 6.04 Å². The summed E-state index contributed by atoms with van der Waals surface area (Å²) in [5.41, 5.74) is 7.16. The largest absolute Gasteiger partial charge is 0.337 e. The number of imidazole rings is 1. The molecule has 1 atom stereocenters. The third-order valence-corrected chi connectivity index (χ3v) is 3.49. The minimum Gasteiger partial charge on any atom is -0.337 e. The number of hydrogen-bond donors (Lipinski definition) is 1. The van der Waals surface area contributed by atoms with Gasteiger partial charge in [-0.15, -0.1) is 0 Å². The fourth-order valence-electron chi connectivity index (χ4n) is 1.75. The predicted octanol–water partition coefficient (Wildman–Crippen LogP) is 3.08. The number of nitrogens with zero attached hydrogens (tertiary/aromatic N) is 2. The summed E-state index contributed by atoms with van der Waals surface area (Å²) >= 11 is 9.54. The van der Waals surface area contributed by atoms with Gasteiger partial charge in [0.15, 0.2) is 0 Å². The third kappa shape index (κ3) is 2.89. The van der Waals surface area contributed by atoms with Crippen LogP contribution in [0.1, 0.15) is 17.4 Å². The Morgan fingerprint density at radius 3 is 2.88 bits per heavy atom. The third-order valence-electron chi connectivity index (χ3n) is 2.65. The van der Waals surface area contributed by atoms with Crippen molar-refractivity contribution < 1.29 is 0 Å². The van der Waals surface area contributed by atoms with Crippen molar-refractivity contribution in [2.45, 2.75) is 12.5 Å². The summed E-state index contributed by atoms with van der Waals surface area (Å²) in [6, 6.07) is 5.68. The number of hydrogen-bond acceptors (Lipinski definition) is 2. The highest BCUT2D eigenvalue weighted by molar-refractivity contribution is 9.10. The number of aryl methyl sites for hydroxylation is 1. The first-order valence-electron chi connectivity index (χ1n) is 5.24. The second-order valence-corrected chi connectivity index (χ2v) is 5.27. The second kappa shape index (κ2) is 5.21. The Morgan fingerprint density at radius 1 is 1.53 bits per heavy atom. The molecule has 0 bridgehead atoms. The van der Waals surface area contributed by atoms with Crippen LogP contribution in [-0.2, 0) is 13.5 Å². The lowest BCUT2D eigenvalue weighted by Crippen LogP contribution is -2.17. The molecule has 0 saturated carbocycles. The lowest BCUT2D eigenvalue weighted by Gasteiger charge is -2.12. The Morgan fingerprint density at radius 2 is 2.29 bits per heavy atom. The highest BCUT2D eigenvalue weighted by Crippen LogP contribution is 2.24. The Kier molecular flexibility index (Phi) is 3.86. The van der Waals surface area contributed by atoms with Crippen LogP contribution in [0.15, 0.2) is 35.1 Å². The van der Waals surface area contributed by atoms with Gasteiger partial charge in [0.2, 0.25) is 0 Å². The maximum atomic E-state index is 6.16. The van der Waals surface area contributed by atoms with Gasteiger partial charge in [0.1, 0.15) is 5.82 Å². The Bertz CT molecular complexity index is 524. The normalized spacial score (nSPS) is 12.7. The zero-order valence-corrected chi connectivity index (χ0v) is 11.7. The molecule has 0 spiro atoms. The van der Waals surface area contributed by atoms with E-state index in [1.807, 2.05) is 36.0 Å². The van der Waals surface area contributed by atoms with Crippen LogP contribution in [0.4, 0.5) is 0 Å². The van der Waals surface area contributed by atoms with E-state index in [4.69, 9.17) is 17.3 Å². The summed E-state index contributed by atoms with van der Waals surface area (Å²) in [5.74, 6) is 0.865. The summed E-state index contributed by atoms with van der Waals surface area (Å²) in [6.45, 7) is 0. The van der Waals surface area contributed by atoms with Gasteiger partial charge in [0, 0.05) is 28.9 Å². The molecule has 0 aliphatic carbocycles. The first-order valence-corrected chi connectivity index (χ1v) is 6.41. The zero-order chi connectivity index (χ0) is 12.4. The monoisotopic (exact) mass is 313 g/mol. The summed E-state index contributed by atoms with van der Waals surface area (Å²) in [5, 5.41) is 0.726. The van der Waals surface area contributed by atoms with Gasteiger partial charge in [0.05, 0.1) is 6.04 Å². The molecule has 2 N–H and O–H groups in total. The first kappa shape index (κ1) is 12.6. The molecule has 0 saturated heterocycles. The van der Waals surface area contributed by atoms with Gasteiger partial charge in [0.25, 0.3) is 0 Å². The number of benzene rings is 1. The molecule has 0 fully saturated rings. The van der Waals surface area contributed by atoms with Crippen LogP contribution in [0.3, 0.4) is 0 Å². The quantitative estimate of drug-likeness (QED) is 0.946. The van der Waals surface area contributed by atoms with Crippen molar-refractivity contribution in [3.63, 3.8) is 0 Å². The molecular weight excluding hydrogens is 302 g/mol. The molecule has 2 aromatic rings. The molecule has 0 radical (unpaired) electrons. The number of aromatic nitrogens is 2. The average molecular weight is 315 g/mol. The van der Waals surface area contributed by atoms with Crippen LogP contribution in [0.2, 0.25) is 5.02 Å². The van der Waals surface area contributed by atoms with Gasteiger partial charge in [-0.05, 0) is 24.1 Å². The number of halogens is 2. The lowest BCUT2D eigenvalue weighted by molar-refractivity contribution is 0.632. The molecule has 1 heterocycles. The van der Waals surface area contributed by atoms with Gasteiger partial charge in [-0.25, -0.2) is 4.98 Å². The molecule has 2 rings (SSSR count). The van der Waals surface area contributed by atoms with Gasteiger partial charge >= 0.3 is 0 Å². The molecule has 3 nitrogen and oxygen atoms in total. The van der Waals surface area contributed by atoms with Crippen molar-refractivity contribution in [2.24, 2.45) is 12.8 Å². The molecule has 0 aliphatic heterocycles.